The number of para-hydroxylation sites is 1. The second kappa shape index (κ2) is 5.08. The summed E-state index contributed by atoms with van der Waals surface area (Å²) in [6.07, 6.45) is 0. The van der Waals surface area contributed by atoms with Crippen molar-refractivity contribution in [3.05, 3.63) is 33.8 Å². The van der Waals surface area contributed by atoms with Crippen LogP contribution in [0, 0.1) is 10.1 Å². The fourth-order valence-electron chi connectivity index (χ4n) is 1.21. The highest BCUT2D eigenvalue weighted by Gasteiger charge is 2.20. The number of hydrazine groups is 1. The number of hydrogen-bond acceptors (Lipinski definition) is 8. The Morgan fingerprint density at radius 3 is 2.94 bits per heavy atom. The van der Waals surface area contributed by atoms with Crippen LogP contribution in [0.3, 0.4) is 0 Å². The molecule has 0 radical (unpaired) electrons. The number of nitro groups is 1. The van der Waals surface area contributed by atoms with E-state index in [4.69, 9.17) is 5.84 Å². The number of nitrogens with zero attached hydrogens (tertiary/aromatic N) is 3. The quantitative estimate of drug-likeness (QED) is 0.495. The molecule has 0 fully saturated rings. The van der Waals surface area contributed by atoms with E-state index >= 15 is 0 Å². The number of aromatic nitrogens is 2. The third-order valence-electron chi connectivity index (χ3n) is 1.87. The van der Waals surface area contributed by atoms with Crippen LogP contribution in [0.4, 0.5) is 11.4 Å². The Morgan fingerprint density at radius 1 is 1.53 bits per heavy atom. The lowest BCUT2D eigenvalue weighted by Gasteiger charge is -2.05. The van der Waals surface area contributed by atoms with Gasteiger partial charge in [0.05, 0.1) is 9.82 Å². The monoisotopic (exact) mass is 269 g/mol. The molecule has 0 aliphatic carbocycles. The lowest BCUT2D eigenvalue weighted by molar-refractivity contribution is -0.386. The molecule has 0 saturated carbocycles. The fraction of sp³-hybridized carbons (Fsp3) is 0. The van der Waals surface area contributed by atoms with E-state index in [0.29, 0.717) is 9.24 Å². The molecule has 1 heterocycles. The van der Waals surface area contributed by atoms with Gasteiger partial charge in [0.2, 0.25) is 0 Å². The molecule has 0 unspecified atom stereocenters. The highest BCUT2D eigenvalue weighted by Crippen LogP contribution is 2.39. The van der Waals surface area contributed by atoms with Crippen LogP contribution in [0.2, 0.25) is 0 Å². The van der Waals surface area contributed by atoms with Gasteiger partial charge >= 0.3 is 5.69 Å². The molecule has 17 heavy (non-hydrogen) atoms. The van der Waals surface area contributed by atoms with Crippen LogP contribution in [-0.2, 0) is 0 Å². The SMILES string of the molecule is NNc1cccc(Sc2nncs2)c1[N+](=O)[O-]. The Kier molecular flexibility index (Phi) is 3.52. The Labute approximate surface area is 104 Å². The van der Waals surface area contributed by atoms with E-state index in [1.54, 1.807) is 23.7 Å². The van der Waals surface area contributed by atoms with E-state index in [0.717, 1.165) is 0 Å². The maximum absolute atomic E-state index is 11.0. The van der Waals surface area contributed by atoms with E-state index in [9.17, 15) is 10.1 Å². The second-order valence-electron chi connectivity index (χ2n) is 2.86. The fourth-order valence-corrected chi connectivity index (χ4v) is 2.78. The van der Waals surface area contributed by atoms with Gasteiger partial charge in [-0.05, 0) is 23.9 Å². The molecular weight excluding hydrogens is 262 g/mol. The maximum Gasteiger partial charge on any atom is 0.307 e. The first-order chi connectivity index (χ1) is 8.22. The number of nitrogens with two attached hydrogens (primary N) is 1. The van der Waals surface area contributed by atoms with E-state index in [-0.39, 0.29) is 11.4 Å². The first kappa shape index (κ1) is 11.8. The number of nitrogens with one attached hydrogen (secondary N) is 1. The lowest BCUT2D eigenvalue weighted by Crippen LogP contribution is -2.09. The number of nitrogen functional groups attached to an aromatic ring is 1. The van der Waals surface area contributed by atoms with E-state index in [1.807, 2.05) is 0 Å². The predicted molar refractivity (Wildman–Crippen MR) is 64.9 cm³/mol. The summed E-state index contributed by atoms with van der Waals surface area (Å²) >= 11 is 2.50. The van der Waals surface area contributed by atoms with Crippen molar-refractivity contribution in [3.63, 3.8) is 0 Å². The molecule has 0 bridgehead atoms. The van der Waals surface area contributed by atoms with Crippen molar-refractivity contribution >= 4 is 34.5 Å². The zero-order valence-electron chi connectivity index (χ0n) is 8.36. The first-order valence-corrected chi connectivity index (χ1v) is 6.10. The van der Waals surface area contributed by atoms with E-state index in [1.165, 1.54) is 23.1 Å². The first-order valence-electron chi connectivity index (χ1n) is 4.40. The molecule has 0 spiro atoms. The van der Waals surface area contributed by atoms with Gasteiger partial charge in [0.1, 0.15) is 11.2 Å². The summed E-state index contributed by atoms with van der Waals surface area (Å²) in [5, 5.41) is 18.5. The van der Waals surface area contributed by atoms with Crippen LogP contribution in [-0.4, -0.2) is 15.1 Å². The Balaban J connectivity index is 2.42. The van der Waals surface area contributed by atoms with Crippen LogP contribution < -0.4 is 11.3 Å². The van der Waals surface area contributed by atoms with Crippen molar-refractivity contribution in [2.75, 3.05) is 5.43 Å². The third kappa shape index (κ3) is 2.52. The summed E-state index contributed by atoms with van der Waals surface area (Å²) in [6, 6.07) is 4.87. The average molecular weight is 269 g/mol. The van der Waals surface area contributed by atoms with Gasteiger partial charge in [0, 0.05) is 0 Å². The van der Waals surface area contributed by atoms with Gasteiger partial charge in [-0.2, -0.15) is 0 Å². The van der Waals surface area contributed by atoms with Gasteiger partial charge < -0.3 is 5.43 Å². The van der Waals surface area contributed by atoms with Crippen LogP contribution in [0.25, 0.3) is 0 Å². The number of rotatable bonds is 4. The van der Waals surface area contributed by atoms with Crippen molar-refractivity contribution in [3.8, 4) is 0 Å². The van der Waals surface area contributed by atoms with Crippen molar-refractivity contribution in [1.82, 2.24) is 10.2 Å². The van der Waals surface area contributed by atoms with Crippen molar-refractivity contribution < 1.29 is 4.92 Å². The van der Waals surface area contributed by atoms with Gasteiger partial charge in [-0.25, -0.2) is 0 Å². The van der Waals surface area contributed by atoms with Crippen LogP contribution >= 0.6 is 23.1 Å². The zero-order chi connectivity index (χ0) is 12.3. The second-order valence-corrected chi connectivity index (χ2v) is 4.98. The number of benzene rings is 1. The topological polar surface area (TPSA) is 107 Å². The summed E-state index contributed by atoms with van der Waals surface area (Å²) in [6.45, 7) is 0. The molecule has 9 heteroatoms. The minimum atomic E-state index is -0.474. The molecule has 1 aromatic carbocycles. The van der Waals surface area contributed by atoms with Crippen molar-refractivity contribution in [1.29, 1.82) is 0 Å². The Hall–Kier alpha value is -1.71. The zero-order valence-corrected chi connectivity index (χ0v) is 9.99. The van der Waals surface area contributed by atoms with Crippen LogP contribution in [0.15, 0.2) is 32.9 Å². The molecule has 1 aromatic heterocycles. The maximum atomic E-state index is 11.0. The van der Waals surface area contributed by atoms with E-state index < -0.39 is 4.92 Å². The van der Waals surface area contributed by atoms with Gasteiger partial charge in [-0.15, -0.1) is 10.2 Å². The molecule has 0 aliphatic rings. The molecule has 88 valence electrons. The summed E-state index contributed by atoms with van der Waals surface area (Å²) in [5.41, 5.74) is 4.09. The number of anilines is 1. The summed E-state index contributed by atoms with van der Waals surface area (Å²) in [5.74, 6) is 5.24. The summed E-state index contributed by atoms with van der Waals surface area (Å²) in [7, 11) is 0. The molecule has 0 saturated heterocycles. The molecule has 0 atom stereocenters. The van der Waals surface area contributed by atoms with E-state index in [2.05, 4.69) is 15.6 Å². The van der Waals surface area contributed by atoms with Gasteiger partial charge in [-0.1, -0.05) is 17.4 Å². The highest BCUT2D eigenvalue weighted by molar-refractivity contribution is 8.01. The molecule has 7 nitrogen and oxygen atoms in total. The molecular formula is C8H7N5O2S2. The van der Waals surface area contributed by atoms with Gasteiger partial charge in [0.25, 0.3) is 0 Å². The Morgan fingerprint density at radius 2 is 2.35 bits per heavy atom. The summed E-state index contributed by atoms with van der Waals surface area (Å²) in [4.78, 5) is 11.0. The van der Waals surface area contributed by atoms with Crippen LogP contribution in [0.1, 0.15) is 0 Å². The Bertz CT molecular complexity index is 531. The normalized spacial score (nSPS) is 10.2. The number of hydrogen-bond donors (Lipinski definition) is 2. The average Bonchev–Trinajstić information content (AvgIpc) is 2.81. The standard InChI is InChI=1S/C8H7N5O2S2/c9-11-5-2-1-3-6(7(5)13(14)15)17-8-12-10-4-16-8/h1-4,11H,9H2. The minimum absolute atomic E-state index is 0.0600. The lowest BCUT2D eigenvalue weighted by atomic mass is 10.3. The largest absolute Gasteiger partial charge is 0.318 e. The molecule has 3 N–H and O–H groups in total. The number of nitro benzene ring substituents is 1. The molecule has 0 aliphatic heterocycles. The predicted octanol–water partition coefficient (Wildman–Crippen LogP) is 1.88. The van der Waals surface area contributed by atoms with Gasteiger partial charge in [0.15, 0.2) is 4.34 Å². The molecule has 0 amide bonds. The van der Waals surface area contributed by atoms with Crippen molar-refractivity contribution in [2.24, 2.45) is 5.84 Å². The third-order valence-corrected chi connectivity index (χ3v) is 3.70. The smallest absolute Gasteiger partial charge is 0.307 e. The van der Waals surface area contributed by atoms with Crippen LogP contribution in [0.5, 0.6) is 0 Å². The molecule has 2 aromatic rings. The summed E-state index contributed by atoms with van der Waals surface area (Å²) < 4.78 is 0.641. The van der Waals surface area contributed by atoms with Crippen molar-refractivity contribution in [2.45, 2.75) is 9.24 Å². The highest BCUT2D eigenvalue weighted by atomic mass is 32.2. The minimum Gasteiger partial charge on any atom is -0.318 e. The molecule has 2 rings (SSSR count). The van der Waals surface area contributed by atoms with Gasteiger partial charge in [-0.3, -0.25) is 16.0 Å².